The molecule has 3 nitrogen and oxygen atoms in total. The van der Waals surface area contributed by atoms with Gasteiger partial charge in [-0.2, -0.15) is 0 Å². The summed E-state index contributed by atoms with van der Waals surface area (Å²) in [6.07, 6.45) is -0.451. The number of benzene rings is 3. The molecule has 3 aromatic rings. The molecule has 1 atom stereocenters. The lowest BCUT2D eigenvalue weighted by Crippen LogP contribution is -2.36. The molecule has 0 radical (unpaired) electrons. The maximum atomic E-state index is 11.9. The number of halogens is 1. The second kappa shape index (κ2) is 5.04. The summed E-state index contributed by atoms with van der Waals surface area (Å²) < 4.78 is 5.34. The average Bonchev–Trinajstić information content (AvgIpc) is 2.53. The van der Waals surface area contributed by atoms with Crippen LogP contribution in [-0.4, -0.2) is 6.09 Å². The Morgan fingerprint density at radius 3 is 2.73 bits per heavy atom. The van der Waals surface area contributed by atoms with E-state index in [0.717, 1.165) is 21.9 Å². The number of nitrogens with one attached hydrogen (secondary N) is 1. The number of carbonyl (C=O) groups is 1. The number of hydrogen-bond donors (Lipinski definition) is 1. The van der Waals surface area contributed by atoms with Crippen molar-refractivity contribution in [3.05, 3.63) is 76.8 Å². The third-order valence-corrected chi connectivity index (χ3v) is 4.10. The molecule has 4 heteroatoms. The van der Waals surface area contributed by atoms with Crippen molar-refractivity contribution in [2.24, 2.45) is 0 Å². The Morgan fingerprint density at radius 1 is 1.00 bits per heavy atom. The van der Waals surface area contributed by atoms with E-state index in [1.54, 1.807) is 0 Å². The third-order valence-electron chi connectivity index (χ3n) is 3.87. The minimum absolute atomic E-state index is 0.277. The Balaban J connectivity index is 1.99. The molecule has 4 rings (SSSR count). The van der Waals surface area contributed by atoms with Crippen LogP contribution in [0.25, 0.3) is 10.8 Å². The predicted octanol–water partition coefficient (Wildman–Crippen LogP) is 4.68. The topological polar surface area (TPSA) is 38.3 Å². The van der Waals surface area contributed by atoms with Crippen molar-refractivity contribution in [3.63, 3.8) is 0 Å². The van der Waals surface area contributed by atoms with Gasteiger partial charge in [0, 0.05) is 10.6 Å². The number of hydrogen-bond acceptors (Lipinski definition) is 2. The van der Waals surface area contributed by atoms with Gasteiger partial charge in [-0.3, -0.25) is 0 Å². The smallest absolute Gasteiger partial charge is 0.410 e. The minimum Gasteiger partial charge on any atom is -0.410 e. The average molecular weight is 310 g/mol. The summed E-state index contributed by atoms with van der Waals surface area (Å²) >= 11 is 6.10. The number of rotatable bonds is 1. The van der Waals surface area contributed by atoms with Crippen molar-refractivity contribution >= 4 is 28.5 Å². The zero-order chi connectivity index (χ0) is 15.1. The summed E-state index contributed by atoms with van der Waals surface area (Å²) in [4.78, 5) is 11.9. The maximum Gasteiger partial charge on any atom is 0.413 e. The Labute approximate surface area is 132 Å². The summed E-state index contributed by atoms with van der Waals surface area (Å²) in [5.41, 5.74) is 1.89. The maximum absolute atomic E-state index is 11.9. The van der Waals surface area contributed by atoms with Crippen LogP contribution in [0, 0.1) is 0 Å². The van der Waals surface area contributed by atoms with Crippen molar-refractivity contribution < 1.29 is 9.53 Å². The Bertz CT molecular complexity index is 891. The van der Waals surface area contributed by atoms with E-state index >= 15 is 0 Å². The molecule has 0 fully saturated rings. The van der Waals surface area contributed by atoms with Gasteiger partial charge in [0.25, 0.3) is 0 Å². The van der Waals surface area contributed by atoms with Crippen LogP contribution in [0.1, 0.15) is 17.2 Å². The van der Waals surface area contributed by atoms with Gasteiger partial charge in [-0.1, -0.05) is 54.1 Å². The van der Waals surface area contributed by atoms with Crippen LogP contribution in [0.4, 0.5) is 4.79 Å². The van der Waals surface area contributed by atoms with Crippen LogP contribution in [0.5, 0.6) is 5.75 Å². The molecule has 1 unspecified atom stereocenters. The van der Waals surface area contributed by atoms with Crippen molar-refractivity contribution in [1.29, 1.82) is 0 Å². The second-order valence-electron chi connectivity index (χ2n) is 5.22. The molecule has 0 saturated heterocycles. The second-order valence-corrected chi connectivity index (χ2v) is 5.66. The zero-order valence-corrected chi connectivity index (χ0v) is 12.3. The van der Waals surface area contributed by atoms with E-state index in [1.807, 2.05) is 60.7 Å². The number of ether oxygens (including phenoxy) is 1. The van der Waals surface area contributed by atoms with Crippen molar-refractivity contribution in [3.8, 4) is 5.75 Å². The molecule has 108 valence electrons. The van der Waals surface area contributed by atoms with Gasteiger partial charge in [-0.05, 0) is 34.5 Å². The number of amides is 1. The molecule has 3 aromatic carbocycles. The molecule has 1 N–H and O–H groups in total. The van der Waals surface area contributed by atoms with E-state index in [-0.39, 0.29) is 6.04 Å². The molecular weight excluding hydrogens is 298 g/mol. The van der Waals surface area contributed by atoms with Crippen LogP contribution in [-0.2, 0) is 0 Å². The molecular formula is C18H12ClNO2. The van der Waals surface area contributed by atoms with Gasteiger partial charge >= 0.3 is 6.09 Å². The molecule has 0 aliphatic carbocycles. The normalized spacial score (nSPS) is 16.8. The van der Waals surface area contributed by atoms with E-state index in [2.05, 4.69) is 5.32 Å². The molecule has 1 aliphatic heterocycles. The Kier molecular flexibility index (Phi) is 3.01. The van der Waals surface area contributed by atoms with Gasteiger partial charge < -0.3 is 10.1 Å². The largest absolute Gasteiger partial charge is 0.413 e. The summed E-state index contributed by atoms with van der Waals surface area (Å²) in [6, 6.07) is 19.1. The van der Waals surface area contributed by atoms with Gasteiger partial charge in [0.1, 0.15) is 5.75 Å². The number of carbonyl (C=O) groups excluding carboxylic acids is 1. The fourth-order valence-corrected chi connectivity index (χ4v) is 3.12. The van der Waals surface area contributed by atoms with Gasteiger partial charge in [0.2, 0.25) is 0 Å². The van der Waals surface area contributed by atoms with E-state index < -0.39 is 6.09 Å². The lowest BCUT2D eigenvalue weighted by Gasteiger charge is -2.28. The fraction of sp³-hybridized carbons (Fsp3) is 0.0556. The summed E-state index contributed by atoms with van der Waals surface area (Å²) in [5, 5.41) is 5.69. The summed E-state index contributed by atoms with van der Waals surface area (Å²) in [5.74, 6) is 0.590. The van der Waals surface area contributed by atoms with Crippen molar-refractivity contribution in [1.82, 2.24) is 5.32 Å². The monoisotopic (exact) mass is 309 g/mol. The van der Waals surface area contributed by atoms with E-state index in [4.69, 9.17) is 16.3 Å². The van der Waals surface area contributed by atoms with Crippen molar-refractivity contribution in [2.75, 3.05) is 0 Å². The highest BCUT2D eigenvalue weighted by atomic mass is 35.5. The SMILES string of the molecule is O=C1NC(c2cccc(Cl)c2)c2c(ccc3ccccc23)O1. The standard InChI is InChI=1S/C18H12ClNO2/c19-13-6-3-5-12(10-13)17-16-14-7-2-1-4-11(14)8-9-15(16)22-18(21)20-17/h1-10,17H,(H,20,21). The first-order valence-corrected chi connectivity index (χ1v) is 7.35. The van der Waals surface area contributed by atoms with Gasteiger partial charge in [0.15, 0.2) is 0 Å². The van der Waals surface area contributed by atoms with Crippen LogP contribution < -0.4 is 10.1 Å². The third kappa shape index (κ3) is 2.11. The first-order valence-electron chi connectivity index (χ1n) is 6.98. The minimum atomic E-state index is -0.451. The first-order chi connectivity index (χ1) is 10.7. The molecule has 1 heterocycles. The fourth-order valence-electron chi connectivity index (χ4n) is 2.92. The highest BCUT2D eigenvalue weighted by Crippen LogP contribution is 2.39. The highest BCUT2D eigenvalue weighted by molar-refractivity contribution is 6.30. The van der Waals surface area contributed by atoms with Crippen LogP contribution in [0.2, 0.25) is 5.02 Å². The molecule has 0 aromatic heterocycles. The van der Waals surface area contributed by atoms with Gasteiger partial charge in [-0.25, -0.2) is 4.79 Å². The lowest BCUT2D eigenvalue weighted by atomic mass is 9.92. The Morgan fingerprint density at radius 2 is 1.86 bits per heavy atom. The van der Waals surface area contributed by atoms with Crippen LogP contribution >= 0.6 is 11.6 Å². The molecule has 1 amide bonds. The molecule has 0 saturated carbocycles. The van der Waals surface area contributed by atoms with Gasteiger partial charge in [0.05, 0.1) is 6.04 Å². The molecule has 1 aliphatic rings. The van der Waals surface area contributed by atoms with Gasteiger partial charge in [-0.15, -0.1) is 0 Å². The predicted molar refractivity (Wildman–Crippen MR) is 86.4 cm³/mol. The molecule has 0 bridgehead atoms. The Hall–Kier alpha value is -2.52. The van der Waals surface area contributed by atoms with E-state index in [1.165, 1.54) is 0 Å². The van der Waals surface area contributed by atoms with Crippen LogP contribution in [0.3, 0.4) is 0 Å². The molecule has 0 spiro atoms. The van der Waals surface area contributed by atoms with E-state index in [0.29, 0.717) is 10.8 Å². The zero-order valence-electron chi connectivity index (χ0n) is 11.5. The lowest BCUT2D eigenvalue weighted by molar-refractivity contribution is 0.191. The summed E-state index contributed by atoms with van der Waals surface area (Å²) in [7, 11) is 0. The number of fused-ring (bicyclic) bond motifs is 3. The summed E-state index contributed by atoms with van der Waals surface area (Å²) in [6.45, 7) is 0. The van der Waals surface area contributed by atoms with Crippen molar-refractivity contribution in [2.45, 2.75) is 6.04 Å². The molecule has 22 heavy (non-hydrogen) atoms. The van der Waals surface area contributed by atoms with E-state index in [9.17, 15) is 4.79 Å². The highest BCUT2D eigenvalue weighted by Gasteiger charge is 2.29. The quantitative estimate of drug-likeness (QED) is 0.708. The first kappa shape index (κ1) is 13.2. The van der Waals surface area contributed by atoms with Crippen LogP contribution in [0.15, 0.2) is 60.7 Å².